The van der Waals surface area contributed by atoms with Gasteiger partial charge in [0.25, 0.3) is 0 Å². The summed E-state index contributed by atoms with van der Waals surface area (Å²) < 4.78 is 0. The van der Waals surface area contributed by atoms with Crippen molar-refractivity contribution in [1.82, 2.24) is 4.98 Å². The summed E-state index contributed by atoms with van der Waals surface area (Å²) in [5.41, 5.74) is 1.09. The first-order chi connectivity index (χ1) is 7.34. The van der Waals surface area contributed by atoms with Crippen molar-refractivity contribution in [3.8, 4) is 0 Å². The molecule has 0 spiro atoms. The number of nitrogens with zero attached hydrogens (tertiary/aromatic N) is 1. The fourth-order valence-corrected chi connectivity index (χ4v) is 2.11. The van der Waals surface area contributed by atoms with Gasteiger partial charge in [-0.15, -0.1) is 0 Å². The summed E-state index contributed by atoms with van der Waals surface area (Å²) in [7, 11) is 0. The van der Waals surface area contributed by atoms with Crippen LogP contribution in [0.5, 0.6) is 0 Å². The molecule has 76 valence electrons. The van der Waals surface area contributed by atoms with Crippen LogP contribution in [0.25, 0.3) is 10.9 Å². The smallest absolute Gasteiger partial charge is 0.228 e. The Balaban J connectivity index is 2.08. The van der Waals surface area contributed by atoms with Gasteiger partial charge in [0.05, 0.1) is 0 Å². The number of hydrogen-bond acceptors (Lipinski definition) is 1. The number of fused-ring (bicyclic) bond motifs is 1. The summed E-state index contributed by atoms with van der Waals surface area (Å²) in [6.07, 6.45) is 1.64. The van der Waals surface area contributed by atoms with Gasteiger partial charge in [0.1, 0.15) is 5.82 Å². The van der Waals surface area contributed by atoms with Crippen molar-refractivity contribution < 1.29 is 4.79 Å². The highest BCUT2D eigenvalue weighted by Gasteiger charge is 2.22. The summed E-state index contributed by atoms with van der Waals surface area (Å²) in [5, 5.41) is 1.16. The lowest BCUT2D eigenvalue weighted by Crippen LogP contribution is -2.23. The van der Waals surface area contributed by atoms with Gasteiger partial charge >= 0.3 is 0 Å². The molecule has 15 heavy (non-hydrogen) atoms. The van der Waals surface area contributed by atoms with Crippen LogP contribution in [-0.2, 0) is 4.79 Å². The van der Waals surface area contributed by atoms with Crippen LogP contribution in [0.2, 0.25) is 0 Å². The number of aromatic amines is 1. The summed E-state index contributed by atoms with van der Waals surface area (Å²) >= 11 is 0. The number of rotatable bonds is 1. The van der Waals surface area contributed by atoms with E-state index in [-0.39, 0.29) is 5.91 Å². The van der Waals surface area contributed by atoms with Crippen molar-refractivity contribution in [3.63, 3.8) is 0 Å². The SMILES string of the molecule is O=C1CCCN1c1cc2ccccc2[nH]1. The number of hydrogen-bond donors (Lipinski definition) is 1. The molecule has 2 aromatic rings. The number of anilines is 1. The highest BCUT2D eigenvalue weighted by molar-refractivity contribution is 5.97. The topological polar surface area (TPSA) is 36.1 Å². The minimum atomic E-state index is 0.224. The van der Waals surface area contributed by atoms with E-state index in [1.165, 1.54) is 0 Å². The number of para-hydroxylation sites is 1. The van der Waals surface area contributed by atoms with Crippen LogP contribution in [0.4, 0.5) is 5.82 Å². The summed E-state index contributed by atoms with van der Waals surface area (Å²) in [4.78, 5) is 16.7. The van der Waals surface area contributed by atoms with Gasteiger partial charge in [-0.2, -0.15) is 0 Å². The first-order valence-electron chi connectivity index (χ1n) is 5.23. The second-order valence-corrected chi connectivity index (χ2v) is 3.89. The van der Waals surface area contributed by atoms with E-state index < -0.39 is 0 Å². The minimum absolute atomic E-state index is 0.224. The molecule has 1 amide bonds. The highest BCUT2D eigenvalue weighted by Crippen LogP contribution is 2.24. The Bertz CT molecular complexity index is 482. The van der Waals surface area contributed by atoms with E-state index in [2.05, 4.69) is 11.1 Å². The van der Waals surface area contributed by atoms with Crippen LogP contribution in [0, 0.1) is 0 Å². The molecule has 0 aliphatic carbocycles. The third-order valence-electron chi connectivity index (χ3n) is 2.88. The molecule has 1 aliphatic rings. The van der Waals surface area contributed by atoms with Crippen LogP contribution in [0.1, 0.15) is 12.8 Å². The average molecular weight is 200 g/mol. The van der Waals surface area contributed by atoms with Crippen LogP contribution in [0.15, 0.2) is 30.3 Å². The lowest BCUT2D eigenvalue weighted by atomic mass is 10.2. The van der Waals surface area contributed by atoms with Gasteiger partial charge < -0.3 is 4.98 Å². The zero-order chi connectivity index (χ0) is 10.3. The second-order valence-electron chi connectivity index (χ2n) is 3.89. The molecule has 3 rings (SSSR count). The molecule has 1 aromatic carbocycles. The molecule has 1 aromatic heterocycles. The lowest BCUT2D eigenvalue weighted by molar-refractivity contribution is -0.117. The summed E-state index contributed by atoms with van der Waals surface area (Å²) in [5.74, 6) is 1.15. The molecule has 1 N–H and O–H groups in total. The maximum absolute atomic E-state index is 11.6. The number of amides is 1. The van der Waals surface area contributed by atoms with Gasteiger partial charge in [0.2, 0.25) is 5.91 Å². The highest BCUT2D eigenvalue weighted by atomic mass is 16.2. The average Bonchev–Trinajstić information content (AvgIpc) is 2.82. The number of carbonyl (C=O) groups excluding carboxylic acids is 1. The van der Waals surface area contributed by atoms with Crippen LogP contribution in [0.3, 0.4) is 0 Å². The predicted octanol–water partition coefficient (Wildman–Crippen LogP) is 2.29. The largest absolute Gasteiger partial charge is 0.341 e. The number of carbonyl (C=O) groups is 1. The van der Waals surface area contributed by atoms with Crippen molar-refractivity contribution in [2.75, 3.05) is 11.4 Å². The van der Waals surface area contributed by atoms with E-state index >= 15 is 0 Å². The van der Waals surface area contributed by atoms with Crippen LogP contribution in [-0.4, -0.2) is 17.4 Å². The fraction of sp³-hybridized carbons (Fsp3) is 0.250. The lowest BCUT2D eigenvalue weighted by Gasteiger charge is -2.12. The Labute approximate surface area is 87.7 Å². The predicted molar refractivity (Wildman–Crippen MR) is 59.9 cm³/mol. The van der Waals surface area contributed by atoms with Crippen molar-refractivity contribution in [2.45, 2.75) is 12.8 Å². The quantitative estimate of drug-likeness (QED) is 0.753. The number of nitrogens with one attached hydrogen (secondary N) is 1. The molecule has 0 radical (unpaired) electrons. The molecule has 1 fully saturated rings. The Kier molecular flexibility index (Phi) is 1.78. The Morgan fingerprint density at radius 1 is 1.27 bits per heavy atom. The van der Waals surface area contributed by atoms with Gasteiger partial charge in [-0.25, -0.2) is 0 Å². The minimum Gasteiger partial charge on any atom is -0.341 e. The summed E-state index contributed by atoms with van der Waals surface area (Å²) in [6.45, 7) is 0.839. The molecular weight excluding hydrogens is 188 g/mol. The van der Waals surface area contributed by atoms with Crippen LogP contribution >= 0.6 is 0 Å². The molecule has 2 heterocycles. The van der Waals surface area contributed by atoms with Gasteiger partial charge in [0, 0.05) is 23.9 Å². The molecule has 0 saturated carbocycles. The van der Waals surface area contributed by atoms with Gasteiger partial charge in [-0.3, -0.25) is 9.69 Å². The summed E-state index contributed by atoms with van der Waals surface area (Å²) in [6, 6.07) is 10.1. The number of H-pyrrole nitrogens is 1. The number of benzene rings is 1. The van der Waals surface area contributed by atoms with Crippen LogP contribution < -0.4 is 4.90 Å². The maximum Gasteiger partial charge on any atom is 0.228 e. The molecular formula is C12H12N2O. The Hall–Kier alpha value is -1.77. The first-order valence-corrected chi connectivity index (χ1v) is 5.23. The fourth-order valence-electron chi connectivity index (χ4n) is 2.11. The van der Waals surface area contributed by atoms with Crippen molar-refractivity contribution in [1.29, 1.82) is 0 Å². The normalized spacial score (nSPS) is 16.5. The van der Waals surface area contributed by atoms with Gasteiger partial charge in [-0.1, -0.05) is 18.2 Å². The molecule has 1 saturated heterocycles. The molecule has 3 nitrogen and oxygen atoms in total. The van der Waals surface area contributed by atoms with Crippen molar-refractivity contribution in [2.24, 2.45) is 0 Å². The first kappa shape index (κ1) is 8.53. The van der Waals surface area contributed by atoms with E-state index in [9.17, 15) is 4.79 Å². The molecule has 0 unspecified atom stereocenters. The monoisotopic (exact) mass is 200 g/mol. The zero-order valence-electron chi connectivity index (χ0n) is 8.36. The van der Waals surface area contributed by atoms with Gasteiger partial charge in [-0.05, 0) is 18.6 Å². The zero-order valence-corrected chi connectivity index (χ0v) is 8.36. The number of aromatic nitrogens is 1. The Morgan fingerprint density at radius 3 is 2.87 bits per heavy atom. The second kappa shape index (κ2) is 3.12. The van der Waals surface area contributed by atoms with E-state index in [0.717, 1.165) is 29.7 Å². The maximum atomic E-state index is 11.6. The standard InChI is InChI=1S/C12H12N2O/c15-12-6-3-7-14(12)11-8-9-4-1-2-5-10(9)13-11/h1-2,4-5,8,13H,3,6-7H2. The third-order valence-corrected chi connectivity index (χ3v) is 2.88. The van der Waals surface area contributed by atoms with Crippen molar-refractivity contribution in [3.05, 3.63) is 30.3 Å². The molecule has 0 bridgehead atoms. The molecule has 0 atom stereocenters. The van der Waals surface area contributed by atoms with E-state index in [0.29, 0.717) is 6.42 Å². The van der Waals surface area contributed by atoms with E-state index in [1.54, 1.807) is 0 Å². The van der Waals surface area contributed by atoms with Crippen molar-refractivity contribution >= 4 is 22.6 Å². The third kappa shape index (κ3) is 1.31. The molecule has 3 heteroatoms. The Morgan fingerprint density at radius 2 is 2.13 bits per heavy atom. The van der Waals surface area contributed by atoms with Gasteiger partial charge in [0.15, 0.2) is 0 Å². The molecule has 1 aliphatic heterocycles. The van der Waals surface area contributed by atoms with E-state index in [4.69, 9.17) is 0 Å². The van der Waals surface area contributed by atoms with E-state index in [1.807, 2.05) is 29.2 Å².